The van der Waals surface area contributed by atoms with E-state index in [-0.39, 0.29) is 16.9 Å². The standard InChI is InChI=1S/C14H17ClFN3/c1-3-17-13(9-10-7-8-19(2)18-10)11-5-4-6-12(16)14(11)15/h4-8,13,17H,3,9H2,1-2H3. The van der Waals surface area contributed by atoms with Crippen molar-refractivity contribution in [2.75, 3.05) is 6.54 Å². The van der Waals surface area contributed by atoms with Crippen molar-refractivity contribution >= 4 is 11.6 Å². The van der Waals surface area contributed by atoms with Crippen molar-refractivity contribution in [3.05, 3.63) is 52.6 Å². The number of hydrogen-bond donors (Lipinski definition) is 1. The Morgan fingerprint density at radius 3 is 2.84 bits per heavy atom. The van der Waals surface area contributed by atoms with Crippen molar-refractivity contribution in [3.63, 3.8) is 0 Å². The number of nitrogens with one attached hydrogen (secondary N) is 1. The summed E-state index contributed by atoms with van der Waals surface area (Å²) in [4.78, 5) is 0. The summed E-state index contributed by atoms with van der Waals surface area (Å²) in [5, 5.41) is 7.86. The predicted molar refractivity (Wildman–Crippen MR) is 74.7 cm³/mol. The Balaban J connectivity index is 2.26. The van der Waals surface area contributed by atoms with Crippen LogP contribution in [-0.4, -0.2) is 16.3 Å². The van der Waals surface area contributed by atoms with Gasteiger partial charge in [-0.2, -0.15) is 5.10 Å². The van der Waals surface area contributed by atoms with E-state index < -0.39 is 0 Å². The zero-order valence-electron chi connectivity index (χ0n) is 11.0. The number of aryl methyl sites for hydroxylation is 1. The van der Waals surface area contributed by atoms with E-state index in [1.54, 1.807) is 10.7 Å². The van der Waals surface area contributed by atoms with Gasteiger partial charge in [-0.25, -0.2) is 4.39 Å². The lowest BCUT2D eigenvalue weighted by Crippen LogP contribution is -2.23. The topological polar surface area (TPSA) is 29.9 Å². The number of aromatic nitrogens is 2. The lowest BCUT2D eigenvalue weighted by atomic mass is 10.0. The van der Waals surface area contributed by atoms with Crippen molar-refractivity contribution in [2.24, 2.45) is 7.05 Å². The largest absolute Gasteiger partial charge is 0.310 e. The Morgan fingerprint density at radius 2 is 2.21 bits per heavy atom. The molecule has 0 aliphatic heterocycles. The number of benzene rings is 1. The molecule has 1 heterocycles. The summed E-state index contributed by atoms with van der Waals surface area (Å²) in [6, 6.07) is 6.82. The van der Waals surface area contributed by atoms with Gasteiger partial charge in [-0.3, -0.25) is 4.68 Å². The minimum atomic E-state index is -0.386. The average Bonchev–Trinajstić information content (AvgIpc) is 2.78. The van der Waals surface area contributed by atoms with E-state index in [1.807, 2.05) is 32.3 Å². The van der Waals surface area contributed by atoms with Gasteiger partial charge in [0.05, 0.1) is 10.7 Å². The monoisotopic (exact) mass is 281 g/mol. The molecule has 102 valence electrons. The molecule has 0 fully saturated rings. The SMILES string of the molecule is CCNC(Cc1ccn(C)n1)c1cccc(F)c1Cl. The molecule has 1 aromatic heterocycles. The van der Waals surface area contributed by atoms with Crippen LogP contribution in [0.3, 0.4) is 0 Å². The van der Waals surface area contributed by atoms with Gasteiger partial charge in [-0.05, 0) is 24.2 Å². The molecule has 5 heteroatoms. The van der Waals surface area contributed by atoms with Crippen LogP contribution in [-0.2, 0) is 13.5 Å². The minimum Gasteiger partial charge on any atom is -0.310 e. The van der Waals surface area contributed by atoms with E-state index >= 15 is 0 Å². The number of likely N-dealkylation sites (N-methyl/N-ethyl adjacent to an activating group) is 1. The smallest absolute Gasteiger partial charge is 0.142 e. The van der Waals surface area contributed by atoms with Crippen LogP contribution in [0.15, 0.2) is 30.5 Å². The number of hydrogen-bond acceptors (Lipinski definition) is 2. The third-order valence-corrected chi connectivity index (χ3v) is 3.39. The van der Waals surface area contributed by atoms with Gasteiger partial charge in [0.15, 0.2) is 0 Å². The van der Waals surface area contributed by atoms with Crippen molar-refractivity contribution < 1.29 is 4.39 Å². The van der Waals surface area contributed by atoms with Gasteiger partial charge in [-0.15, -0.1) is 0 Å². The predicted octanol–water partition coefficient (Wildman–Crippen LogP) is 3.11. The fraction of sp³-hybridized carbons (Fsp3) is 0.357. The molecule has 0 aliphatic carbocycles. The normalized spacial score (nSPS) is 12.6. The van der Waals surface area contributed by atoms with Gasteiger partial charge in [0.25, 0.3) is 0 Å². The van der Waals surface area contributed by atoms with E-state index in [0.717, 1.165) is 17.8 Å². The van der Waals surface area contributed by atoms with E-state index in [1.165, 1.54) is 6.07 Å². The maximum atomic E-state index is 13.5. The minimum absolute atomic E-state index is 0.0388. The van der Waals surface area contributed by atoms with Gasteiger partial charge in [0.2, 0.25) is 0 Å². The molecule has 19 heavy (non-hydrogen) atoms. The molecule has 0 radical (unpaired) electrons. The van der Waals surface area contributed by atoms with Crippen LogP contribution < -0.4 is 5.32 Å². The lowest BCUT2D eigenvalue weighted by Gasteiger charge is -2.18. The number of nitrogens with zero attached hydrogens (tertiary/aromatic N) is 2. The van der Waals surface area contributed by atoms with Gasteiger partial charge < -0.3 is 5.32 Å². The van der Waals surface area contributed by atoms with Crippen molar-refractivity contribution in [3.8, 4) is 0 Å². The molecule has 1 unspecified atom stereocenters. The zero-order chi connectivity index (χ0) is 13.8. The van der Waals surface area contributed by atoms with Gasteiger partial charge in [0, 0.05) is 25.7 Å². The maximum Gasteiger partial charge on any atom is 0.142 e. The highest BCUT2D eigenvalue weighted by Crippen LogP contribution is 2.27. The second-order valence-electron chi connectivity index (χ2n) is 4.44. The third kappa shape index (κ3) is 3.33. The van der Waals surface area contributed by atoms with Crippen LogP contribution in [0.1, 0.15) is 24.2 Å². The molecule has 1 aromatic carbocycles. The van der Waals surface area contributed by atoms with Crippen LogP contribution in [0.25, 0.3) is 0 Å². The van der Waals surface area contributed by atoms with Crippen LogP contribution in [0.5, 0.6) is 0 Å². The number of rotatable bonds is 5. The molecule has 0 spiro atoms. The third-order valence-electron chi connectivity index (χ3n) is 2.99. The average molecular weight is 282 g/mol. The Bertz CT molecular complexity index is 553. The first kappa shape index (κ1) is 14.0. The van der Waals surface area contributed by atoms with Crippen LogP contribution in [0.2, 0.25) is 5.02 Å². The highest BCUT2D eigenvalue weighted by molar-refractivity contribution is 6.31. The fourth-order valence-corrected chi connectivity index (χ4v) is 2.37. The van der Waals surface area contributed by atoms with Gasteiger partial charge in [-0.1, -0.05) is 30.7 Å². The summed E-state index contributed by atoms with van der Waals surface area (Å²) in [5.74, 6) is -0.386. The second-order valence-corrected chi connectivity index (χ2v) is 4.82. The second kappa shape index (κ2) is 6.17. The Hall–Kier alpha value is -1.39. The van der Waals surface area contributed by atoms with Crippen molar-refractivity contribution in [2.45, 2.75) is 19.4 Å². The van der Waals surface area contributed by atoms with Gasteiger partial charge in [0.1, 0.15) is 5.82 Å². The first-order valence-electron chi connectivity index (χ1n) is 6.27. The molecule has 2 aromatic rings. The van der Waals surface area contributed by atoms with Crippen LogP contribution in [0, 0.1) is 5.82 Å². The molecule has 1 atom stereocenters. The molecule has 0 bridgehead atoms. The summed E-state index contributed by atoms with van der Waals surface area (Å²) >= 11 is 6.05. The Labute approximate surface area is 117 Å². The fourth-order valence-electron chi connectivity index (χ4n) is 2.11. The van der Waals surface area contributed by atoms with E-state index in [0.29, 0.717) is 6.42 Å². The Kier molecular flexibility index (Phi) is 4.56. The highest BCUT2D eigenvalue weighted by Gasteiger charge is 2.17. The molecule has 2 rings (SSSR count). The lowest BCUT2D eigenvalue weighted by molar-refractivity contribution is 0.534. The molecular formula is C14H17ClFN3. The zero-order valence-corrected chi connectivity index (χ0v) is 11.8. The van der Waals surface area contributed by atoms with Crippen molar-refractivity contribution in [1.29, 1.82) is 0 Å². The summed E-state index contributed by atoms with van der Waals surface area (Å²) in [6.07, 6.45) is 2.57. The summed E-state index contributed by atoms with van der Waals surface area (Å²) in [6.45, 7) is 2.79. The molecule has 3 nitrogen and oxygen atoms in total. The molecule has 0 amide bonds. The molecule has 0 saturated heterocycles. The van der Waals surface area contributed by atoms with Crippen LogP contribution >= 0.6 is 11.6 Å². The maximum absolute atomic E-state index is 13.5. The van der Waals surface area contributed by atoms with E-state index in [2.05, 4.69) is 10.4 Å². The van der Waals surface area contributed by atoms with E-state index in [9.17, 15) is 4.39 Å². The number of halogens is 2. The molecule has 1 N–H and O–H groups in total. The first-order chi connectivity index (χ1) is 9.11. The summed E-state index contributed by atoms with van der Waals surface area (Å²) in [7, 11) is 1.88. The molecule has 0 saturated carbocycles. The molecular weight excluding hydrogens is 265 g/mol. The first-order valence-corrected chi connectivity index (χ1v) is 6.65. The van der Waals surface area contributed by atoms with Gasteiger partial charge >= 0.3 is 0 Å². The summed E-state index contributed by atoms with van der Waals surface area (Å²) in [5.41, 5.74) is 1.72. The highest BCUT2D eigenvalue weighted by atomic mass is 35.5. The summed E-state index contributed by atoms with van der Waals surface area (Å²) < 4.78 is 15.3. The van der Waals surface area contributed by atoms with Crippen molar-refractivity contribution in [1.82, 2.24) is 15.1 Å². The van der Waals surface area contributed by atoms with E-state index in [4.69, 9.17) is 11.6 Å². The quantitative estimate of drug-likeness (QED) is 0.913. The Morgan fingerprint density at radius 1 is 1.42 bits per heavy atom. The molecule has 0 aliphatic rings. The van der Waals surface area contributed by atoms with Crippen LogP contribution in [0.4, 0.5) is 4.39 Å².